The highest BCUT2D eigenvalue weighted by molar-refractivity contribution is 5.33. The summed E-state index contributed by atoms with van der Waals surface area (Å²) in [4.78, 5) is 0. The molecule has 5 atom stereocenters. The summed E-state index contributed by atoms with van der Waals surface area (Å²) in [5.74, 6) is 4.92. The van der Waals surface area contributed by atoms with Gasteiger partial charge in [0.1, 0.15) is 0 Å². The van der Waals surface area contributed by atoms with Crippen molar-refractivity contribution in [2.45, 2.75) is 112 Å². The highest BCUT2D eigenvalue weighted by Crippen LogP contribution is 2.63. The van der Waals surface area contributed by atoms with Crippen molar-refractivity contribution in [1.29, 1.82) is 0 Å². The minimum atomic E-state index is 0.689. The third-order valence-corrected chi connectivity index (χ3v) is 8.38. The van der Waals surface area contributed by atoms with Crippen molar-refractivity contribution >= 4 is 0 Å². The number of hydrogen-bond acceptors (Lipinski definition) is 0. The van der Waals surface area contributed by atoms with Gasteiger partial charge in [-0.25, -0.2) is 0 Å². The summed E-state index contributed by atoms with van der Waals surface area (Å²) in [6, 6.07) is 0. The van der Waals surface area contributed by atoms with Gasteiger partial charge >= 0.3 is 0 Å². The molecular formula is C27H46. The smallest absolute Gasteiger partial charge is 0.0108 e. The number of rotatable bonds is 3. The zero-order chi connectivity index (χ0) is 19.6. The first-order chi connectivity index (χ1) is 12.9. The Bertz CT molecular complexity index is 560. The van der Waals surface area contributed by atoms with Gasteiger partial charge in [-0.1, -0.05) is 70.3 Å². The largest absolute Gasteiger partial charge is 0.0812 e. The SMILES string of the molecule is CC(C)C.CCCCC1CCC2C3CCC4=C(CC=C(C)C4)C3CCC12C. The molecule has 0 aliphatic heterocycles. The maximum atomic E-state index is 2.69. The van der Waals surface area contributed by atoms with Crippen LogP contribution in [0.2, 0.25) is 0 Å². The van der Waals surface area contributed by atoms with Gasteiger partial charge < -0.3 is 0 Å². The van der Waals surface area contributed by atoms with Gasteiger partial charge in [-0.3, -0.25) is 0 Å². The molecule has 4 aliphatic carbocycles. The summed E-state index contributed by atoms with van der Waals surface area (Å²) >= 11 is 0. The second-order valence-electron chi connectivity index (χ2n) is 11.2. The van der Waals surface area contributed by atoms with E-state index >= 15 is 0 Å². The van der Waals surface area contributed by atoms with Crippen molar-refractivity contribution in [3.05, 3.63) is 22.8 Å². The first-order valence-electron chi connectivity index (χ1n) is 12.2. The van der Waals surface area contributed by atoms with Crippen molar-refractivity contribution in [1.82, 2.24) is 0 Å². The van der Waals surface area contributed by atoms with Gasteiger partial charge in [0.25, 0.3) is 0 Å². The maximum absolute atomic E-state index is 2.69. The van der Waals surface area contributed by atoms with E-state index in [0.717, 1.165) is 29.6 Å². The minimum absolute atomic E-state index is 0.689. The standard InChI is InChI=1S/C23H36.C4H10/c1-4-5-6-18-9-12-22-21-11-8-17-15-16(2)7-10-19(17)20(21)13-14-23(18,22)3;1-4(2)3/h7,18,20-22H,4-6,8-15H2,1-3H3;4H,1-3H3. The van der Waals surface area contributed by atoms with E-state index in [-0.39, 0.29) is 0 Å². The second-order valence-corrected chi connectivity index (χ2v) is 11.2. The summed E-state index contributed by atoms with van der Waals surface area (Å²) < 4.78 is 0. The molecule has 27 heavy (non-hydrogen) atoms. The number of unbranched alkanes of at least 4 members (excludes halogenated alkanes) is 1. The molecule has 0 aromatic rings. The van der Waals surface area contributed by atoms with Crippen LogP contribution in [0.1, 0.15) is 112 Å². The zero-order valence-corrected chi connectivity index (χ0v) is 19.2. The molecule has 4 rings (SSSR count). The summed E-state index contributed by atoms with van der Waals surface area (Å²) in [7, 11) is 0. The van der Waals surface area contributed by atoms with Crippen LogP contribution in [-0.2, 0) is 0 Å². The van der Waals surface area contributed by atoms with Crippen LogP contribution in [0.5, 0.6) is 0 Å². The van der Waals surface area contributed by atoms with E-state index in [4.69, 9.17) is 0 Å². The minimum Gasteiger partial charge on any atom is -0.0812 e. The molecule has 0 aromatic carbocycles. The predicted octanol–water partition coefficient (Wildman–Crippen LogP) is 8.73. The molecule has 0 nitrogen and oxygen atoms in total. The van der Waals surface area contributed by atoms with Crippen LogP contribution in [0.4, 0.5) is 0 Å². The number of allylic oxidation sites excluding steroid dienone is 4. The van der Waals surface area contributed by atoms with Crippen LogP contribution >= 0.6 is 0 Å². The van der Waals surface area contributed by atoms with E-state index in [2.05, 4.69) is 47.6 Å². The molecule has 5 unspecified atom stereocenters. The van der Waals surface area contributed by atoms with Crippen LogP contribution in [0.15, 0.2) is 22.8 Å². The molecule has 0 amide bonds. The van der Waals surface area contributed by atoms with E-state index in [0.29, 0.717) is 5.41 Å². The normalized spacial score (nSPS) is 37.8. The lowest BCUT2D eigenvalue weighted by Gasteiger charge is -2.52. The third kappa shape index (κ3) is 4.40. The Balaban J connectivity index is 0.000000481. The van der Waals surface area contributed by atoms with E-state index < -0.39 is 0 Å². The topological polar surface area (TPSA) is 0 Å². The molecule has 0 radical (unpaired) electrons. The first-order valence-corrected chi connectivity index (χ1v) is 12.2. The lowest BCUT2D eigenvalue weighted by molar-refractivity contribution is 0.0116. The van der Waals surface area contributed by atoms with Gasteiger partial charge in [-0.15, -0.1) is 0 Å². The Morgan fingerprint density at radius 2 is 1.85 bits per heavy atom. The summed E-state index contributed by atoms with van der Waals surface area (Å²) in [6.45, 7) is 13.9. The molecule has 2 fully saturated rings. The van der Waals surface area contributed by atoms with Crippen LogP contribution in [0, 0.1) is 35.0 Å². The van der Waals surface area contributed by atoms with Crippen LogP contribution in [-0.4, -0.2) is 0 Å². The van der Waals surface area contributed by atoms with Gasteiger partial charge in [0.15, 0.2) is 0 Å². The Labute approximate surface area is 170 Å². The molecule has 0 saturated heterocycles. The van der Waals surface area contributed by atoms with Gasteiger partial charge in [0.2, 0.25) is 0 Å². The fourth-order valence-electron chi connectivity index (χ4n) is 7.11. The Morgan fingerprint density at radius 3 is 2.56 bits per heavy atom. The van der Waals surface area contributed by atoms with E-state index in [1.165, 1.54) is 64.2 Å². The van der Waals surface area contributed by atoms with Crippen LogP contribution in [0.25, 0.3) is 0 Å². The van der Waals surface area contributed by atoms with Crippen molar-refractivity contribution in [3.63, 3.8) is 0 Å². The molecule has 0 bridgehead atoms. The fourth-order valence-corrected chi connectivity index (χ4v) is 7.11. The number of fused-ring (bicyclic) bond motifs is 4. The van der Waals surface area contributed by atoms with E-state index in [1.807, 2.05) is 11.1 Å². The van der Waals surface area contributed by atoms with Crippen molar-refractivity contribution in [3.8, 4) is 0 Å². The maximum Gasteiger partial charge on any atom is -0.0108 e. The molecule has 0 heterocycles. The quantitative estimate of drug-likeness (QED) is 0.436. The Morgan fingerprint density at radius 1 is 1.11 bits per heavy atom. The lowest BCUT2D eigenvalue weighted by atomic mass is 9.53. The van der Waals surface area contributed by atoms with E-state index in [9.17, 15) is 0 Å². The highest BCUT2D eigenvalue weighted by atomic mass is 14.6. The lowest BCUT2D eigenvalue weighted by Crippen LogP contribution is -2.43. The van der Waals surface area contributed by atoms with Crippen molar-refractivity contribution in [2.75, 3.05) is 0 Å². The molecule has 0 N–H and O–H groups in total. The van der Waals surface area contributed by atoms with Gasteiger partial charge in [0, 0.05) is 0 Å². The highest BCUT2D eigenvalue weighted by Gasteiger charge is 2.54. The summed E-state index contributed by atoms with van der Waals surface area (Å²) in [5, 5.41) is 0. The van der Waals surface area contributed by atoms with Gasteiger partial charge in [-0.05, 0) is 99.7 Å². The third-order valence-electron chi connectivity index (χ3n) is 8.38. The molecule has 0 aromatic heterocycles. The van der Waals surface area contributed by atoms with Crippen molar-refractivity contribution < 1.29 is 0 Å². The average molecular weight is 371 g/mol. The predicted molar refractivity (Wildman–Crippen MR) is 120 cm³/mol. The van der Waals surface area contributed by atoms with E-state index in [1.54, 1.807) is 12.0 Å². The molecule has 0 spiro atoms. The van der Waals surface area contributed by atoms with Gasteiger partial charge in [-0.2, -0.15) is 0 Å². The van der Waals surface area contributed by atoms with Crippen LogP contribution < -0.4 is 0 Å². The monoisotopic (exact) mass is 370 g/mol. The second kappa shape index (κ2) is 8.87. The molecule has 0 heteroatoms. The Kier molecular flexibility index (Phi) is 6.97. The first kappa shape index (κ1) is 21.2. The fraction of sp³-hybridized carbons (Fsp3) is 0.852. The molecular weight excluding hydrogens is 324 g/mol. The van der Waals surface area contributed by atoms with Gasteiger partial charge in [0.05, 0.1) is 0 Å². The average Bonchev–Trinajstić information content (AvgIpc) is 2.95. The summed E-state index contributed by atoms with van der Waals surface area (Å²) in [6.07, 6.45) is 18.5. The molecule has 154 valence electrons. The van der Waals surface area contributed by atoms with Crippen molar-refractivity contribution in [2.24, 2.45) is 35.0 Å². The zero-order valence-electron chi connectivity index (χ0n) is 19.2. The van der Waals surface area contributed by atoms with Crippen LogP contribution in [0.3, 0.4) is 0 Å². The Hall–Kier alpha value is -0.520. The molecule has 2 saturated carbocycles. The summed E-state index contributed by atoms with van der Waals surface area (Å²) in [5.41, 5.74) is 6.08. The molecule has 4 aliphatic rings. The number of hydrogen-bond donors (Lipinski definition) is 0.